The molecule has 0 aliphatic carbocycles. The second-order valence-electron chi connectivity index (χ2n) is 15.5. The summed E-state index contributed by atoms with van der Waals surface area (Å²) < 4.78 is 55.7. The molecule has 2 aliphatic heterocycles. The van der Waals surface area contributed by atoms with E-state index in [2.05, 4.69) is 9.80 Å². The highest BCUT2D eigenvalue weighted by atomic mass is 35.5. The summed E-state index contributed by atoms with van der Waals surface area (Å²) in [5.41, 5.74) is 5.11. The number of carbonyl (C=O) groups excluding carboxylic acids is 2. The first-order chi connectivity index (χ1) is 33.1. The molecule has 0 saturated carbocycles. The van der Waals surface area contributed by atoms with Crippen LogP contribution in [0, 0.1) is 0 Å². The third kappa shape index (κ3) is 11.6. The first-order valence-corrected chi connectivity index (χ1v) is 23.1. The van der Waals surface area contributed by atoms with Gasteiger partial charge in [0.15, 0.2) is 11.5 Å². The summed E-state index contributed by atoms with van der Waals surface area (Å²) in [6, 6.07) is 29.5. The molecule has 2 aromatic heterocycles. The molecule has 4 aromatic carbocycles. The minimum atomic E-state index is -0.767. The van der Waals surface area contributed by atoms with Crippen LogP contribution in [0.4, 0.5) is 11.4 Å². The van der Waals surface area contributed by atoms with Gasteiger partial charge in [0.05, 0.1) is 54.9 Å². The predicted octanol–water partition coefficient (Wildman–Crippen LogP) is 10.8. The fourth-order valence-corrected chi connectivity index (χ4v) is 8.40. The second kappa shape index (κ2) is 23.8. The van der Waals surface area contributed by atoms with E-state index in [-0.39, 0.29) is 23.1 Å². The van der Waals surface area contributed by atoms with Crippen molar-refractivity contribution in [2.45, 2.75) is 26.1 Å². The number of carbonyl (C=O) groups is 2. The number of benzene rings is 4. The number of morpholine rings is 2. The van der Waals surface area contributed by atoms with Crippen LogP contribution in [-0.4, -0.2) is 106 Å². The normalized spacial score (nSPS) is 14.6. The number of ketones is 2. The molecule has 68 heavy (non-hydrogen) atoms. The van der Waals surface area contributed by atoms with E-state index in [0.29, 0.717) is 95.3 Å². The quantitative estimate of drug-likeness (QED) is 0.0754. The van der Waals surface area contributed by atoms with E-state index in [1.807, 2.05) is 62.4 Å². The van der Waals surface area contributed by atoms with Gasteiger partial charge in [-0.25, -0.2) is 0 Å². The highest BCUT2D eigenvalue weighted by Gasteiger charge is 2.28. The van der Waals surface area contributed by atoms with E-state index in [1.54, 1.807) is 48.5 Å². The number of rotatable bonds is 18. The molecule has 2 aliphatic rings. The van der Waals surface area contributed by atoms with Crippen molar-refractivity contribution in [1.29, 1.82) is 0 Å². The third-order valence-corrected chi connectivity index (χ3v) is 12.2. The van der Waals surface area contributed by atoms with Crippen LogP contribution in [0.3, 0.4) is 0 Å². The fraction of sp³-hybridized carbons (Fsp3) is 0.346. The highest BCUT2D eigenvalue weighted by molar-refractivity contribution is 6.34. The van der Waals surface area contributed by atoms with Crippen molar-refractivity contribution < 1.29 is 56.3 Å². The van der Waals surface area contributed by atoms with Gasteiger partial charge in [0.2, 0.25) is 11.6 Å². The monoisotopic (exact) mass is 970 g/mol. The van der Waals surface area contributed by atoms with E-state index in [9.17, 15) is 9.59 Å². The van der Waals surface area contributed by atoms with Gasteiger partial charge in [0, 0.05) is 61.9 Å². The van der Waals surface area contributed by atoms with Gasteiger partial charge in [-0.1, -0.05) is 47.5 Å². The molecule has 0 bridgehead atoms. The van der Waals surface area contributed by atoms with Crippen LogP contribution >= 0.6 is 23.2 Å². The molecule has 2 fully saturated rings. The summed E-state index contributed by atoms with van der Waals surface area (Å²) in [6.07, 6.45) is -1.53. The number of nitrogens with zero attached hydrogens (tertiary/aromatic N) is 2. The molecule has 8 rings (SSSR count). The summed E-state index contributed by atoms with van der Waals surface area (Å²) in [6.45, 7) is 10.8. The van der Waals surface area contributed by atoms with Gasteiger partial charge in [0.1, 0.15) is 56.8 Å². The minimum Gasteiger partial charge on any atom is -0.495 e. The Morgan fingerprint density at radius 1 is 0.515 bits per heavy atom. The van der Waals surface area contributed by atoms with E-state index >= 15 is 0 Å². The Bertz CT molecular complexity index is 2370. The molecule has 6 aromatic rings. The average molecular weight is 972 g/mol. The number of hydrogen-bond donors (Lipinski definition) is 0. The molecule has 16 heteroatoms. The van der Waals surface area contributed by atoms with Crippen molar-refractivity contribution in [3.05, 3.63) is 130 Å². The summed E-state index contributed by atoms with van der Waals surface area (Å²) >= 11 is 12.5. The Morgan fingerprint density at radius 2 is 0.838 bits per heavy atom. The fourth-order valence-electron chi connectivity index (χ4n) is 7.88. The van der Waals surface area contributed by atoms with E-state index in [1.165, 1.54) is 28.4 Å². The zero-order chi connectivity index (χ0) is 48.2. The molecule has 2 unspecified atom stereocenters. The molecule has 360 valence electrons. The van der Waals surface area contributed by atoms with Gasteiger partial charge in [0.25, 0.3) is 0 Å². The number of Topliss-reactive ketones (excluding diaryl/α,β-unsaturated/α-hetero) is 2. The van der Waals surface area contributed by atoms with Crippen LogP contribution in [0.2, 0.25) is 10.0 Å². The molecule has 0 spiro atoms. The molecule has 0 radical (unpaired) electrons. The number of ether oxygens (including phenoxy) is 8. The SMILES string of the molecule is CCOC(C(=O)c1ccc(-c2cc(OC)c(Cl)c(OC)c2)o1)c1ccc(N2CCOCC2)cc1.CCOC(C(=O)c1ccc(-c2cc(OC)c(Cl)c(OC)c2)o1)c1ccc(N2CCOCC2)cc1. The standard InChI is InChI=1S/2C26H28ClNO6/c2*1-4-33-26(17-5-7-19(8-6-17)28-11-13-32-14-12-28)25(29)21-10-9-20(34-21)18-15-22(30-2)24(27)23(16-18)31-3/h2*5-10,15-16,26H,4,11-14H2,1-3H3. The Labute approximate surface area is 406 Å². The zero-order valence-electron chi connectivity index (χ0n) is 39.0. The Morgan fingerprint density at radius 3 is 1.13 bits per heavy atom. The maximum atomic E-state index is 13.4. The van der Waals surface area contributed by atoms with Crippen LogP contribution in [0.5, 0.6) is 23.0 Å². The summed E-state index contributed by atoms with van der Waals surface area (Å²) in [5.74, 6) is 2.71. The van der Waals surface area contributed by atoms with E-state index in [0.717, 1.165) is 48.7 Å². The molecule has 2 saturated heterocycles. The zero-order valence-corrected chi connectivity index (χ0v) is 40.5. The molecular formula is C52H56Cl2N2O12. The lowest BCUT2D eigenvalue weighted by molar-refractivity contribution is 0.0427. The third-order valence-electron chi connectivity index (χ3n) is 11.4. The summed E-state index contributed by atoms with van der Waals surface area (Å²) in [4.78, 5) is 31.2. The van der Waals surface area contributed by atoms with Crippen molar-refractivity contribution >= 4 is 46.1 Å². The van der Waals surface area contributed by atoms with Crippen LogP contribution in [-0.2, 0) is 18.9 Å². The van der Waals surface area contributed by atoms with Crippen molar-refractivity contribution in [2.75, 3.05) is 104 Å². The topological polar surface area (TPSA) is 141 Å². The molecule has 4 heterocycles. The van der Waals surface area contributed by atoms with Gasteiger partial charge in [-0.3, -0.25) is 9.59 Å². The Hall–Kier alpha value is -6.00. The van der Waals surface area contributed by atoms with Crippen molar-refractivity contribution in [3.63, 3.8) is 0 Å². The van der Waals surface area contributed by atoms with Gasteiger partial charge in [-0.05, 0) is 97.8 Å². The molecule has 0 N–H and O–H groups in total. The first kappa shape index (κ1) is 49.9. The maximum Gasteiger partial charge on any atom is 0.231 e. The summed E-state index contributed by atoms with van der Waals surface area (Å²) in [7, 11) is 6.11. The molecule has 2 atom stereocenters. The van der Waals surface area contributed by atoms with Crippen LogP contribution in [0.25, 0.3) is 22.6 Å². The van der Waals surface area contributed by atoms with E-state index < -0.39 is 12.2 Å². The Balaban J connectivity index is 0.000000201. The number of methoxy groups -OCH3 is 4. The van der Waals surface area contributed by atoms with Crippen molar-refractivity contribution in [2.24, 2.45) is 0 Å². The second-order valence-corrected chi connectivity index (χ2v) is 16.3. The first-order valence-electron chi connectivity index (χ1n) is 22.3. The van der Waals surface area contributed by atoms with Gasteiger partial charge >= 0.3 is 0 Å². The number of halogens is 2. The predicted molar refractivity (Wildman–Crippen MR) is 261 cm³/mol. The van der Waals surface area contributed by atoms with Gasteiger partial charge in [-0.2, -0.15) is 0 Å². The van der Waals surface area contributed by atoms with Crippen molar-refractivity contribution in [3.8, 4) is 45.6 Å². The van der Waals surface area contributed by atoms with Crippen LogP contribution < -0.4 is 28.7 Å². The molecular weight excluding hydrogens is 915 g/mol. The average Bonchev–Trinajstić information content (AvgIpc) is 4.10. The minimum absolute atomic E-state index is 0.207. The van der Waals surface area contributed by atoms with Crippen LogP contribution in [0.1, 0.15) is 58.3 Å². The lowest BCUT2D eigenvalue weighted by atomic mass is 10.0. The summed E-state index contributed by atoms with van der Waals surface area (Å²) in [5, 5.41) is 0.738. The number of furan rings is 2. The van der Waals surface area contributed by atoms with Crippen molar-refractivity contribution in [1.82, 2.24) is 0 Å². The van der Waals surface area contributed by atoms with Gasteiger partial charge < -0.3 is 56.5 Å². The van der Waals surface area contributed by atoms with E-state index in [4.69, 9.17) is 69.9 Å². The molecule has 0 amide bonds. The largest absolute Gasteiger partial charge is 0.495 e. The van der Waals surface area contributed by atoms with Gasteiger partial charge in [-0.15, -0.1) is 0 Å². The number of anilines is 2. The smallest absolute Gasteiger partial charge is 0.231 e. The number of hydrogen-bond acceptors (Lipinski definition) is 14. The highest BCUT2D eigenvalue weighted by Crippen LogP contribution is 2.41. The molecule has 14 nitrogen and oxygen atoms in total. The maximum absolute atomic E-state index is 13.4. The Kier molecular flexibility index (Phi) is 17.5. The lowest BCUT2D eigenvalue weighted by Crippen LogP contribution is -2.36. The lowest BCUT2D eigenvalue weighted by Gasteiger charge is -2.29. The van der Waals surface area contributed by atoms with Crippen LogP contribution in [0.15, 0.2) is 106 Å².